The third kappa shape index (κ3) is 4.72. The van der Waals surface area contributed by atoms with Gasteiger partial charge in [0.15, 0.2) is 0 Å². The van der Waals surface area contributed by atoms with Gasteiger partial charge in [-0.25, -0.2) is 0 Å². The van der Waals surface area contributed by atoms with Crippen molar-refractivity contribution in [3.63, 3.8) is 0 Å². The molecule has 0 unspecified atom stereocenters. The molecule has 0 fully saturated rings. The zero-order valence-electron chi connectivity index (χ0n) is 13.6. The number of para-hydroxylation sites is 2. The van der Waals surface area contributed by atoms with Crippen molar-refractivity contribution < 1.29 is 9.05 Å². The molecule has 22 heavy (non-hydrogen) atoms. The van der Waals surface area contributed by atoms with E-state index in [9.17, 15) is 0 Å². The predicted molar refractivity (Wildman–Crippen MR) is 101 cm³/mol. The Bertz CT molecular complexity index is 580. The Kier molecular flexibility index (Phi) is 5.88. The molecule has 0 bridgehead atoms. The molecule has 0 aliphatic carbocycles. The Balaban J connectivity index is 2.28. The summed E-state index contributed by atoms with van der Waals surface area (Å²) < 4.78 is 12.7. The first kappa shape index (κ1) is 17.3. The summed E-state index contributed by atoms with van der Waals surface area (Å²) in [6.45, 7) is 8.48. The van der Waals surface area contributed by atoms with Crippen LogP contribution in [0.2, 0.25) is 0 Å². The van der Waals surface area contributed by atoms with Crippen LogP contribution in [-0.4, -0.2) is 6.16 Å². The molecular weight excluding hydrogens is 359 g/mol. The van der Waals surface area contributed by atoms with Crippen molar-refractivity contribution in [1.82, 2.24) is 0 Å². The Labute approximate surface area is 142 Å². The van der Waals surface area contributed by atoms with E-state index in [0.717, 1.165) is 28.8 Å². The van der Waals surface area contributed by atoms with Crippen LogP contribution in [0.4, 0.5) is 0 Å². The number of hydrogen-bond acceptors (Lipinski definition) is 2. The number of halogens is 1. The van der Waals surface area contributed by atoms with Gasteiger partial charge in [0.05, 0.1) is 0 Å². The molecule has 0 amide bonds. The van der Waals surface area contributed by atoms with Gasteiger partial charge >= 0.3 is 142 Å². The standard InChI is InChI=1S/C18H24BrO2P/c1-14(2)13-22(19,20-17-11-7-5-9-15(17)3)21-18-12-8-6-10-16(18)4/h5-12,14,22H,13H2,1-4H3. The molecule has 0 aromatic heterocycles. The van der Waals surface area contributed by atoms with Crippen molar-refractivity contribution in [2.45, 2.75) is 27.7 Å². The molecule has 0 aliphatic heterocycles. The van der Waals surface area contributed by atoms with Crippen LogP contribution in [-0.2, 0) is 0 Å². The van der Waals surface area contributed by atoms with E-state index in [1.165, 1.54) is 0 Å². The van der Waals surface area contributed by atoms with E-state index in [1.54, 1.807) is 0 Å². The molecule has 120 valence electrons. The normalized spacial score (nSPS) is 12.3. The van der Waals surface area contributed by atoms with Crippen LogP contribution in [0.5, 0.6) is 11.5 Å². The quantitative estimate of drug-likeness (QED) is 0.545. The molecule has 2 aromatic carbocycles. The summed E-state index contributed by atoms with van der Waals surface area (Å²) in [5.41, 5.74) is 2.24. The molecule has 0 aliphatic rings. The number of hydrogen-bond donors (Lipinski definition) is 0. The van der Waals surface area contributed by atoms with Crippen molar-refractivity contribution in [3.8, 4) is 11.5 Å². The van der Waals surface area contributed by atoms with Gasteiger partial charge in [0, 0.05) is 0 Å². The first-order valence-electron chi connectivity index (χ1n) is 7.58. The van der Waals surface area contributed by atoms with E-state index >= 15 is 0 Å². The molecule has 0 radical (unpaired) electrons. The van der Waals surface area contributed by atoms with E-state index in [-0.39, 0.29) is 0 Å². The van der Waals surface area contributed by atoms with Gasteiger partial charge in [-0.15, -0.1) is 0 Å². The molecule has 0 saturated carbocycles. The van der Waals surface area contributed by atoms with E-state index in [0.29, 0.717) is 5.92 Å². The summed E-state index contributed by atoms with van der Waals surface area (Å²) in [5, 5.41) is 0. The van der Waals surface area contributed by atoms with E-state index < -0.39 is 6.42 Å². The Morgan fingerprint density at radius 1 is 0.864 bits per heavy atom. The van der Waals surface area contributed by atoms with Crippen molar-refractivity contribution in [2.24, 2.45) is 5.92 Å². The summed E-state index contributed by atoms with van der Waals surface area (Å²) in [5.74, 6) is 2.26. The minimum atomic E-state index is -2.54. The molecule has 0 saturated heterocycles. The molecule has 0 heterocycles. The van der Waals surface area contributed by atoms with Crippen LogP contribution in [0.15, 0.2) is 48.5 Å². The summed E-state index contributed by atoms with van der Waals surface area (Å²) in [6.07, 6.45) is -1.67. The van der Waals surface area contributed by atoms with Crippen molar-refractivity contribution in [1.29, 1.82) is 0 Å². The van der Waals surface area contributed by atoms with Crippen LogP contribution < -0.4 is 9.05 Å². The second-order valence-corrected chi connectivity index (χ2v) is 11.8. The summed E-state index contributed by atoms with van der Waals surface area (Å²) >= 11 is 3.82. The van der Waals surface area contributed by atoms with Crippen LogP contribution in [0.1, 0.15) is 25.0 Å². The monoisotopic (exact) mass is 382 g/mol. The van der Waals surface area contributed by atoms with Crippen molar-refractivity contribution in [2.75, 3.05) is 6.16 Å². The molecule has 0 N–H and O–H groups in total. The average Bonchev–Trinajstić information content (AvgIpc) is 2.43. The second-order valence-electron chi connectivity index (χ2n) is 5.99. The fourth-order valence-corrected chi connectivity index (χ4v) is 7.55. The third-order valence-corrected chi connectivity index (χ3v) is 7.66. The Morgan fingerprint density at radius 3 is 1.64 bits per heavy atom. The van der Waals surface area contributed by atoms with E-state index in [2.05, 4.69) is 55.3 Å². The molecule has 2 rings (SSSR count). The maximum atomic E-state index is 6.34. The zero-order valence-corrected chi connectivity index (χ0v) is 16.2. The Morgan fingerprint density at radius 2 is 1.27 bits per heavy atom. The van der Waals surface area contributed by atoms with E-state index in [1.807, 2.05) is 36.4 Å². The van der Waals surface area contributed by atoms with E-state index in [4.69, 9.17) is 9.05 Å². The summed E-state index contributed by atoms with van der Waals surface area (Å²) in [7, 11) is 0. The predicted octanol–water partition coefficient (Wildman–Crippen LogP) is 6.31. The second kappa shape index (κ2) is 7.48. The fraction of sp³-hybridized carbons (Fsp3) is 0.333. The van der Waals surface area contributed by atoms with Crippen molar-refractivity contribution in [3.05, 3.63) is 59.7 Å². The van der Waals surface area contributed by atoms with Crippen LogP contribution >= 0.6 is 21.9 Å². The number of aryl methyl sites for hydroxylation is 2. The summed E-state index contributed by atoms with van der Waals surface area (Å²) in [4.78, 5) is 0. The number of benzene rings is 2. The van der Waals surface area contributed by atoms with Crippen molar-refractivity contribution >= 4 is 21.9 Å². The molecule has 0 atom stereocenters. The molecule has 2 nitrogen and oxygen atoms in total. The topological polar surface area (TPSA) is 18.5 Å². The average molecular weight is 383 g/mol. The van der Waals surface area contributed by atoms with Gasteiger partial charge in [0.1, 0.15) is 0 Å². The molecule has 2 aromatic rings. The minimum absolute atomic E-state index is 0.485. The van der Waals surface area contributed by atoms with Crippen LogP contribution in [0, 0.1) is 19.8 Å². The van der Waals surface area contributed by atoms with Gasteiger partial charge in [-0.1, -0.05) is 0 Å². The van der Waals surface area contributed by atoms with Gasteiger partial charge in [-0.05, 0) is 0 Å². The summed E-state index contributed by atoms with van der Waals surface area (Å²) in [6, 6.07) is 16.1. The molecule has 4 heteroatoms. The zero-order chi connectivity index (χ0) is 16.2. The molecule has 0 spiro atoms. The van der Waals surface area contributed by atoms with Gasteiger partial charge in [-0.3, -0.25) is 0 Å². The van der Waals surface area contributed by atoms with Gasteiger partial charge in [-0.2, -0.15) is 0 Å². The van der Waals surface area contributed by atoms with Gasteiger partial charge in [0.25, 0.3) is 0 Å². The van der Waals surface area contributed by atoms with Gasteiger partial charge < -0.3 is 0 Å². The van der Waals surface area contributed by atoms with Gasteiger partial charge in [0.2, 0.25) is 0 Å². The fourth-order valence-electron chi connectivity index (χ4n) is 2.26. The number of rotatable bonds is 6. The third-order valence-electron chi connectivity index (χ3n) is 3.36. The first-order valence-corrected chi connectivity index (χ1v) is 11.9. The van der Waals surface area contributed by atoms with Crippen LogP contribution in [0.25, 0.3) is 0 Å². The first-order chi connectivity index (χ1) is 10.4. The maximum absolute atomic E-state index is 6.34. The van der Waals surface area contributed by atoms with Crippen LogP contribution in [0.3, 0.4) is 0 Å². The SMILES string of the molecule is Cc1ccccc1O[PH](Br)(CC(C)C)Oc1ccccc1C. The molecular formula is C18H24BrO2P. The Hall–Kier alpha value is -1.05.